The third-order valence-corrected chi connectivity index (χ3v) is 4.91. The van der Waals surface area contributed by atoms with Crippen LogP contribution in [0, 0.1) is 0 Å². The number of thioether (sulfide) groups is 1. The summed E-state index contributed by atoms with van der Waals surface area (Å²) >= 11 is 1.41. The summed E-state index contributed by atoms with van der Waals surface area (Å²) in [6.45, 7) is 4.42. The summed E-state index contributed by atoms with van der Waals surface area (Å²) in [6.07, 6.45) is 4.00. The van der Waals surface area contributed by atoms with Crippen LogP contribution >= 0.6 is 11.8 Å². The van der Waals surface area contributed by atoms with E-state index in [1.165, 1.54) is 11.8 Å². The number of nitrogens with one attached hydrogen (secondary N) is 1. The van der Waals surface area contributed by atoms with Crippen molar-refractivity contribution >= 4 is 23.4 Å². The number of amides is 1. The summed E-state index contributed by atoms with van der Waals surface area (Å²) in [5.41, 5.74) is 2.12. The van der Waals surface area contributed by atoms with Crippen LogP contribution < -0.4 is 10.2 Å². The maximum absolute atomic E-state index is 11.9. The molecule has 6 nitrogen and oxygen atoms in total. The van der Waals surface area contributed by atoms with Gasteiger partial charge in [-0.2, -0.15) is 0 Å². The van der Waals surface area contributed by atoms with Crippen LogP contribution in [0.15, 0.2) is 42.1 Å². The van der Waals surface area contributed by atoms with Crippen LogP contribution in [-0.4, -0.2) is 46.6 Å². The van der Waals surface area contributed by atoms with Crippen LogP contribution in [0.4, 0.5) is 5.69 Å². The first-order valence-corrected chi connectivity index (χ1v) is 9.31. The second kappa shape index (κ2) is 7.74. The number of hydrogen-bond acceptors (Lipinski definition) is 5. The van der Waals surface area contributed by atoms with Gasteiger partial charge in [0.15, 0.2) is 11.0 Å². The Hall–Kier alpha value is -2.28. The molecule has 0 aliphatic heterocycles. The minimum atomic E-state index is 0.0533. The quantitative estimate of drug-likeness (QED) is 0.581. The lowest BCUT2D eigenvalue weighted by Crippen LogP contribution is -2.27. The minimum absolute atomic E-state index is 0.0533. The zero-order chi connectivity index (χ0) is 17.8. The number of nitrogens with zero attached hydrogens (tertiary/aromatic N) is 4. The van der Waals surface area contributed by atoms with Crippen LogP contribution in [-0.2, 0) is 11.3 Å². The number of anilines is 1. The Morgan fingerprint density at radius 1 is 1.36 bits per heavy atom. The molecule has 25 heavy (non-hydrogen) atoms. The van der Waals surface area contributed by atoms with Gasteiger partial charge in [0, 0.05) is 37.9 Å². The number of hydrogen-bond donors (Lipinski definition) is 1. The van der Waals surface area contributed by atoms with Crippen molar-refractivity contribution < 1.29 is 4.79 Å². The predicted molar refractivity (Wildman–Crippen MR) is 102 cm³/mol. The molecule has 3 rings (SSSR count). The molecule has 1 aliphatic rings. The smallest absolute Gasteiger partial charge is 0.230 e. The van der Waals surface area contributed by atoms with Crippen LogP contribution in [0.2, 0.25) is 0 Å². The van der Waals surface area contributed by atoms with Crippen molar-refractivity contribution in [3.63, 3.8) is 0 Å². The molecule has 1 N–H and O–H groups in total. The molecule has 0 spiro atoms. The van der Waals surface area contributed by atoms with Crippen LogP contribution in [0.3, 0.4) is 0 Å². The van der Waals surface area contributed by atoms with Crippen LogP contribution in [0.25, 0.3) is 11.4 Å². The highest BCUT2D eigenvalue weighted by Gasteiger charge is 2.23. The van der Waals surface area contributed by atoms with Gasteiger partial charge in [0.05, 0.1) is 5.75 Å². The molecule has 1 heterocycles. The van der Waals surface area contributed by atoms with Crippen molar-refractivity contribution in [3.05, 3.63) is 36.9 Å². The molecule has 0 saturated heterocycles. The molecule has 1 aromatic heterocycles. The second-order valence-electron chi connectivity index (χ2n) is 6.28. The third-order valence-electron chi connectivity index (χ3n) is 3.95. The van der Waals surface area contributed by atoms with E-state index in [9.17, 15) is 4.79 Å². The van der Waals surface area contributed by atoms with Gasteiger partial charge in [-0.1, -0.05) is 17.8 Å². The Labute approximate surface area is 152 Å². The molecule has 0 radical (unpaired) electrons. The summed E-state index contributed by atoms with van der Waals surface area (Å²) in [5, 5.41) is 12.3. The fourth-order valence-electron chi connectivity index (χ4n) is 2.44. The zero-order valence-corrected chi connectivity index (χ0v) is 15.4. The number of allylic oxidation sites excluding steroid dienone is 1. The van der Waals surface area contributed by atoms with E-state index in [-0.39, 0.29) is 5.91 Å². The van der Waals surface area contributed by atoms with E-state index in [0.29, 0.717) is 18.3 Å². The van der Waals surface area contributed by atoms with Crippen molar-refractivity contribution in [2.75, 3.05) is 24.7 Å². The Balaban J connectivity index is 1.76. The zero-order valence-electron chi connectivity index (χ0n) is 14.6. The summed E-state index contributed by atoms with van der Waals surface area (Å²) < 4.78 is 1.99. The monoisotopic (exact) mass is 357 g/mol. The van der Waals surface area contributed by atoms with E-state index in [0.717, 1.165) is 35.1 Å². The fraction of sp³-hybridized carbons (Fsp3) is 0.389. The Kier molecular flexibility index (Phi) is 5.43. The fourth-order valence-corrected chi connectivity index (χ4v) is 3.20. The van der Waals surface area contributed by atoms with E-state index in [2.05, 4.69) is 39.1 Å². The largest absolute Gasteiger partial charge is 0.378 e. The molecule has 2 aromatic rings. The van der Waals surface area contributed by atoms with Crippen molar-refractivity contribution in [1.29, 1.82) is 0 Å². The van der Waals surface area contributed by atoms with Gasteiger partial charge in [0.2, 0.25) is 5.91 Å². The first-order valence-electron chi connectivity index (χ1n) is 8.32. The lowest BCUT2D eigenvalue weighted by atomic mass is 10.2. The molecular weight excluding hydrogens is 334 g/mol. The first kappa shape index (κ1) is 17.5. The van der Waals surface area contributed by atoms with E-state index in [1.807, 2.05) is 36.9 Å². The molecule has 1 aromatic carbocycles. The molecule has 1 saturated carbocycles. The molecule has 0 unspecified atom stereocenters. The number of aromatic nitrogens is 3. The molecule has 1 amide bonds. The summed E-state index contributed by atoms with van der Waals surface area (Å²) in [6, 6.07) is 8.56. The molecule has 1 aliphatic carbocycles. The topological polar surface area (TPSA) is 63.1 Å². The Morgan fingerprint density at radius 3 is 2.68 bits per heavy atom. The van der Waals surface area contributed by atoms with Crippen molar-refractivity contribution in [2.45, 2.75) is 30.6 Å². The number of benzene rings is 1. The number of carbonyl (C=O) groups excluding carboxylic acids is 1. The number of rotatable bonds is 8. The normalized spacial score (nSPS) is 13.5. The van der Waals surface area contributed by atoms with Crippen molar-refractivity contribution in [1.82, 2.24) is 20.1 Å². The highest BCUT2D eigenvalue weighted by molar-refractivity contribution is 7.99. The molecule has 0 atom stereocenters. The van der Waals surface area contributed by atoms with Crippen molar-refractivity contribution in [2.24, 2.45) is 0 Å². The van der Waals surface area contributed by atoms with E-state index < -0.39 is 0 Å². The molecule has 7 heteroatoms. The maximum Gasteiger partial charge on any atom is 0.230 e. The van der Waals surface area contributed by atoms with Gasteiger partial charge in [-0.3, -0.25) is 9.36 Å². The molecular formula is C18H23N5OS. The van der Waals surface area contributed by atoms with Gasteiger partial charge >= 0.3 is 0 Å². The highest BCUT2D eigenvalue weighted by atomic mass is 32.2. The van der Waals surface area contributed by atoms with Crippen molar-refractivity contribution in [3.8, 4) is 11.4 Å². The van der Waals surface area contributed by atoms with Crippen LogP contribution in [0.5, 0.6) is 0 Å². The standard InChI is InChI=1S/C18H23N5OS/c1-4-11-23-17(13-5-9-15(10-6-13)22(2)3)20-21-18(23)25-12-16(24)19-14-7-8-14/h4-6,9-10,14H,1,7-8,11-12H2,2-3H3,(H,19,24). The lowest BCUT2D eigenvalue weighted by molar-refractivity contribution is -0.118. The summed E-state index contributed by atoms with van der Waals surface area (Å²) in [5.74, 6) is 1.19. The average Bonchev–Trinajstić information content (AvgIpc) is 3.32. The summed E-state index contributed by atoms with van der Waals surface area (Å²) in [7, 11) is 4.02. The molecule has 1 fully saturated rings. The van der Waals surface area contributed by atoms with E-state index in [1.54, 1.807) is 0 Å². The van der Waals surface area contributed by atoms with Crippen LogP contribution in [0.1, 0.15) is 12.8 Å². The maximum atomic E-state index is 11.9. The van der Waals surface area contributed by atoms with Gasteiger partial charge in [-0.25, -0.2) is 0 Å². The summed E-state index contributed by atoms with van der Waals surface area (Å²) in [4.78, 5) is 14.0. The van der Waals surface area contributed by atoms with Gasteiger partial charge in [-0.15, -0.1) is 16.8 Å². The van der Waals surface area contributed by atoms with Gasteiger partial charge in [0.25, 0.3) is 0 Å². The average molecular weight is 357 g/mol. The SMILES string of the molecule is C=CCn1c(SCC(=O)NC2CC2)nnc1-c1ccc(N(C)C)cc1. The van der Waals surface area contributed by atoms with E-state index >= 15 is 0 Å². The predicted octanol–water partition coefficient (Wildman–Crippen LogP) is 2.57. The molecule has 0 bridgehead atoms. The van der Waals surface area contributed by atoms with E-state index in [4.69, 9.17) is 0 Å². The Bertz CT molecular complexity index is 749. The second-order valence-corrected chi connectivity index (χ2v) is 7.22. The van der Waals surface area contributed by atoms with Gasteiger partial charge < -0.3 is 10.2 Å². The lowest BCUT2D eigenvalue weighted by Gasteiger charge is -2.13. The Morgan fingerprint density at radius 2 is 2.08 bits per heavy atom. The van der Waals surface area contributed by atoms with Gasteiger partial charge in [0.1, 0.15) is 0 Å². The first-order chi connectivity index (χ1) is 12.1. The molecule has 132 valence electrons. The highest BCUT2D eigenvalue weighted by Crippen LogP contribution is 2.26. The third kappa shape index (κ3) is 4.42. The minimum Gasteiger partial charge on any atom is -0.378 e. The van der Waals surface area contributed by atoms with Gasteiger partial charge in [-0.05, 0) is 37.1 Å². The number of carbonyl (C=O) groups is 1.